The number of nitrogens with zero attached hydrogens (tertiary/aromatic N) is 3. The Morgan fingerprint density at radius 1 is 1.11 bits per heavy atom. The lowest BCUT2D eigenvalue weighted by molar-refractivity contribution is -0.142. The van der Waals surface area contributed by atoms with Crippen LogP contribution in [0.15, 0.2) is 47.4 Å². The summed E-state index contributed by atoms with van der Waals surface area (Å²) >= 11 is 0. The average Bonchev–Trinajstić information content (AvgIpc) is 2.78. The van der Waals surface area contributed by atoms with Crippen LogP contribution >= 0.6 is 0 Å². The largest absolute Gasteiger partial charge is 0.493 e. The number of hydrogen-bond donors (Lipinski definition) is 1. The van der Waals surface area contributed by atoms with E-state index < -0.39 is 44.6 Å². The molecule has 0 saturated heterocycles. The fourth-order valence-electron chi connectivity index (χ4n) is 3.03. The van der Waals surface area contributed by atoms with Gasteiger partial charge in [0, 0.05) is 18.0 Å². The van der Waals surface area contributed by atoms with Crippen molar-refractivity contribution in [2.45, 2.75) is 18.0 Å². The number of ether oxygens (including phenoxy) is 2. The van der Waals surface area contributed by atoms with E-state index in [0.29, 0.717) is 0 Å². The first-order valence-electron chi connectivity index (χ1n) is 9.67. The Bertz CT molecular complexity index is 1450. The molecule has 1 amide bonds. The SMILES string of the molecule is COc1cc(C#N)ccc1Oc1nnc(C(F)(F)F)c(C)c1C(=O)Nc1cccc(S(C)(=O)=O)c1. The lowest BCUT2D eigenvalue weighted by Gasteiger charge is -2.17. The van der Waals surface area contributed by atoms with E-state index in [9.17, 15) is 26.4 Å². The van der Waals surface area contributed by atoms with Gasteiger partial charge in [0.05, 0.1) is 23.6 Å². The molecule has 0 aliphatic rings. The van der Waals surface area contributed by atoms with Gasteiger partial charge in [-0.1, -0.05) is 6.07 Å². The first kappa shape index (κ1) is 25.4. The number of carbonyl (C=O) groups excluding carboxylic acids is 1. The van der Waals surface area contributed by atoms with Crippen LogP contribution in [0.1, 0.15) is 27.2 Å². The smallest absolute Gasteiger partial charge is 0.435 e. The first-order valence-corrected chi connectivity index (χ1v) is 11.6. The molecule has 1 N–H and O–H groups in total. The molecule has 0 fully saturated rings. The van der Waals surface area contributed by atoms with Gasteiger partial charge in [0.2, 0.25) is 0 Å². The third-order valence-electron chi connectivity index (χ3n) is 4.70. The molecule has 0 bridgehead atoms. The number of nitriles is 1. The minimum atomic E-state index is -4.91. The number of rotatable bonds is 6. The van der Waals surface area contributed by atoms with Crippen molar-refractivity contribution in [3.05, 3.63) is 64.8 Å². The van der Waals surface area contributed by atoms with Crippen LogP contribution in [0, 0.1) is 18.3 Å². The Labute approximate surface area is 198 Å². The van der Waals surface area contributed by atoms with Crippen molar-refractivity contribution >= 4 is 21.4 Å². The Kier molecular flexibility index (Phi) is 6.97. The van der Waals surface area contributed by atoms with Gasteiger partial charge in [0.1, 0.15) is 5.56 Å². The molecule has 9 nitrogen and oxygen atoms in total. The van der Waals surface area contributed by atoms with Gasteiger partial charge in [0.25, 0.3) is 11.8 Å². The fraction of sp³-hybridized carbons (Fsp3) is 0.182. The van der Waals surface area contributed by atoms with Crippen LogP contribution < -0.4 is 14.8 Å². The molecular formula is C22H17F3N4O5S. The minimum absolute atomic E-state index is 0.0181. The highest BCUT2D eigenvalue weighted by atomic mass is 32.2. The summed E-state index contributed by atoms with van der Waals surface area (Å²) in [5.41, 5.74) is -2.29. The second-order valence-electron chi connectivity index (χ2n) is 7.19. The molecule has 2 aromatic carbocycles. The van der Waals surface area contributed by atoms with E-state index in [2.05, 4.69) is 15.5 Å². The molecule has 3 rings (SSSR count). The molecule has 1 aromatic heterocycles. The highest BCUT2D eigenvalue weighted by Gasteiger charge is 2.38. The normalized spacial score (nSPS) is 11.5. The lowest BCUT2D eigenvalue weighted by atomic mass is 10.1. The molecule has 0 radical (unpaired) electrons. The quantitative estimate of drug-likeness (QED) is 0.528. The van der Waals surface area contributed by atoms with E-state index in [1.54, 1.807) is 0 Å². The van der Waals surface area contributed by atoms with Crippen molar-refractivity contribution in [2.24, 2.45) is 0 Å². The summed E-state index contributed by atoms with van der Waals surface area (Å²) in [6, 6.07) is 11.1. The summed E-state index contributed by atoms with van der Waals surface area (Å²) in [5.74, 6) is -1.57. The topological polar surface area (TPSA) is 131 Å². The molecule has 0 saturated carbocycles. The van der Waals surface area contributed by atoms with Crippen LogP contribution in [0.2, 0.25) is 0 Å². The van der Waals surface area contributed by atoms with Gasteiger partial charge >= 0.3 is 6.18 Å². The summed E-state index contributed by atoms with van der Waals surface area (Å²) in [7, 11) is -2.32. The van der Waals surface area contributed by atoms with Crippen LogP contribution in [0.3, 0.4) is 0 Å². The number of methoxy groups -OCH3 is 1. The van der Waals surface area contributed by atoms with Crippen molar-refractivity contribution in [3.8, 4) is 23.4 Å². The van der Waals surface area contributed by atoms with Gasteiger partial charge < -0.3 is 14.8 Å². The van der Waals surface area contributed by atoms with Gasteiger partial charge in [-0.3, -0.25) is 4.79 Å². The first-order chi connectivity index (χ1) is 16.3. The molecular weight excluding hydrogens is 489 g/mol. The Balaban J connectivity index is 2.10. The number of hydrogen-bond acceptors (Lipinski definition) is 8. The van der Waals surface area contributed by atoms with Gasteiger partial charge in [0.15, 0.2) is 27.0 Å². The molecule has 0 aliphatic heterocycles. The summed E-state index contributed by atoms with van der Waals surface area (Å²) in [5, 5.41) is 18.1. The second-order valence-corrected chi connectivity index (χ2v) is 9.20. The number of nitrogens with one attached hydrogen (secondary N) is 1. The molecule has 13 heteroatoms. The van der Waals surface area contributed by atoms with Crippen LogP contribution in [-0.4, -0.2) is 37.9 Å². The highest BCUT2D eigenvalue weighted by molar-refractivity contribution is 7.90. The summed E-state index contributed by atoms with van der Waals surface area (Å²) < 4.78 is 74.8. The maximum atomic E-state index is 13.5. The monoisotopic (exact) mass is 506 g/mol. The maximum absolute atomic E-state index is 13.5. The van der Waals surface area contributed by atoms with Gasteiger partial charge in [-0.15, -0.1) is 10.2 Å². The average molecular weight is 506 g/mol. The van der Waals surface area contributed by atoms with Gasteiger partial charge in [-0.05, 0) is 42.8 Å². The number of halogens is 3. The molecule has 0 atom stereocenters. The van der Waals surface area contributed by atoms with E-state index >= 15 is 0 Å². The standard InChI is InChI=1S/C22H17F3N4O5S/c1-12-18(20(30)27-14-5-4-6-15(10-14)35(3,31)32)21(29-28-19(12)22(23,24)25)34-16-8-7-13(11-26)9-17(16)33-2/h4-10H,1-3H3,(H,27,30). The predicted octanol–water partition coefficient (Wildman–Crippen LogP) is 4.13. The van der Waals surface area contributed by atoms with Crippen molar-refractivity contribution in [1.29, 1.82) is 5.26 Å². The number of carbonyl (C=O) groups is 1. The van der Waals surface area contributed by atoms with E-state index in [0.717, 1.165) is 19.2 Å². The zero-order valence-electron chi connectivity index (χ0n) is 18.5. The number of amides is 1. The van der Waals surface area contributed by atoms with E-state index in [1.807, 2.05) is 6.07 Å². The number of alkyl halides is 3. The Morgan fingerprint density at radius 2 is 1.83 bits per heavy atom. The van der Waals surface area contributed by atoms with Gasteiger partial charge in [-0.25, -0.2) is 8.42 Å². The maximum Gasteiger partial charge on any atom is 0.435 e. The molecule has 1 heterocycles. The minimum Gasteiger partial charge on any atom is -0.493 e. The van der Waals surface area contributed by atoms with E-state index in [4.69, 9.17) is 14.7 Å². The third kappa shape index (κ3) is 5.67. The van der Waals surface area contributed by atoms with Crippen LogP contribution in [0.5, 0.6) is 17.4 Å². The highest BCUT2D eigenvalue weighted by Crippen LogP contribution is 2.37. The number of benzene rings is 2. The number of aromatic nitrogens is 2. The van der Waals surface area contributed by atoms with Crippen molar-refractivity contribution < 1.29 is 35.9 Å². The Morgan fingerprint density at radius 3 is 2.43 bits per heavy atom. The number of sulfone groups is 1. The molecule has 0 aliphatic carbocycles. The Hall–Kier alpha value is -4.18. The van der Waals surface area contributed by atoms with Crippen molar-refractivity contribution in [3.63, 3.8) is 0 Å². The predicted molar refractivity (Wildman–Crippen MR) is 117 cm³/mol. The molecule has 0 unspecified atom stereocenters. The zero-order chi connectivity index (χ0) is 26.0. The molecule has 35 heavy (non-hydrogen) atoms. The molecule has 0 spiro atoms. The molecule has 3 aromatic rings. The van der Waals surface area contributed by atoms with Crippen LogP contribution in [-0.2, 0) is 16.0 Å². The summed E-state index contributed by atoms with van der Waals surface area (Å²) in [4.78, 5) is 13.0. The van der Waals surface area contributed by atoms with Crippen LogP contribution in [0.4, 0.5) is 18.9 Å². The fourth-order valence-corrected chi connectivity index (χ4v) is 3.70. The molecule has 182 valence electrons. The third-order valence-corrected chi connectivity index (χ3v) is 5.81. The van der Waals surface area contributed by atoms with Crippen LogP contribution in [0.25, 0.3) is 0 Å². The zero-order valence-corrected chi connectivity index (χ0v) is 19.3. The lowest BCUT2D eigenvalue weighted by Crippen LogP contribution is -2.21. The van der Waals surface area contributed by atoms with Crippen molar-refractivity contribution in [2.75, 3.05) is 18.7 Å². The number of anilines is 1. The van der Waals surface area contributed by atoms with Crippen molar-refractivity contribution in [1.82, 2.24) is 10.2 Å². The van der Waals surface area contributed by atoms with E-state index in [1.165, 1.54) is 43.5 Å². The second kappa shape index (κ2) is 9.59. The summed E-state index contributed by atoms with van der Waals surface area (Å²) in [6.07, 6.45) is -3.94. The van der Waals surface area contributed by atoms with Gasteiger partial charge in [-0.2, -0.15) is 18.4 Å². The van der Waals surface area contributed by atoms with E-state index in [-0.39, 0.29) is 27.6 Å². The summed E-state index contributed by atoms with van der Waals surface area (Å²) in [6.45, 7) is 1.03.